The maximum atomic E-state index is 2.49. The van der Waals surface area contributed by atoms with E-state index >= 15 is 0 Å². The number of pyridine rings is 6. The number of hydrogen-bond donors (Lipinski definition) is 0. The Morgan fingerprint density at radius 3 is 1.27 bits per heavy atom. The van der Waals surface area contributed by atoms with Crippen molar-refractivity contribution in [2.75, 3.05) is 11.9 Å². The third-order valence-electron chi connectivity index (χ3n) is 22.1. The molecule has 0 radical (unpaired) electrons. The summed E-state index contributed by atoms with van der Waals surface area (Å²) >= 11 is 0. The zero-order valence-corrected chi connectivity index (χ0v) is 68.9. The van der Waals surface area contributed by atoms with E-state index in [0.717, 1.165) is 34.7 Å². The maximum absolute atomic E-state index is 2.49. The molecule has 1 aliphatic rings. The second kappa shape index (κ2) is 32.5. The first kappa shape index (κ1) is 76.9. The van der Waals surface area contributed by atoms with Crippen molar-refractivity contribution < 1.29 is 50.6 Å². The quantitative estimate of drug-likeness (QED) is 0.102. The Kier molecular flexibility index (Phi) is 22.5. The molecular weight excluding hydrogens is 1370 g/mol. The van der Waals surface area contributed by atoms with Gasteiger partial charge in [-0.25, -0.2) is 32.3 Å². The predicted molar refractivity (Wildman–Crippen MR) is 437 cm³/mol. The lowest BCUT2D eigenvalue weighted by atomic mass is 9.92. The normalized spacial score (nSPS) is 12.7. The van der Waals surface area contributed by atoms with Crippen LogP contribution in [0.1, 0.15) is 108 Å². The molecule has 18 nitrogen and oxygen atoms in total. The number of imidazole rings is 2. The average molecular weight is 1480 g/mol. The fourth-order valence-corrected chi connectivity index (χ4v) is 15.8. The number of benzene rings is 4. The summed E-state index contributed by atoms with van der Waals surface area (Å²) in [7, 11) is 25.3. The van der Waals surface area contributed by atoms with E-state index in [-0.39, 0.29) is 0 Å². The van der Waals surface area contributed by atoms with Crippen LogP contribution in [0, 0.1) is 0 Å². The Hall–Kier alpha value is -12.3. The Balaban J connectivity index is 0.000000132. The maximum Gasteiger partial charge on any atom is 0.342 e. The second-order valence-electron chi connectivity index (χ2n) is 30.6. The van der Waals surface area contributed by atoms with Crippen LogP contribution in [0.3, 0.4) is 0 Å². The van der Waals surface area contributed by atoms with Crippen LogP contribution in [0.2, 0.25) is 0 Å². The SMILES string of the molecule is CC(C)c1cccc(C(C)C)c1-n1c(-c2cccc(-n3ccc[n+]3C)[n+]2C)[n+](C)c2ccccc21.CC(C)c1cccc(C(C)C)c1-n1cc[n+](C)c1-c1cccc(-n2ccc[n+]2C)[n+]1C.C[C@H]1N(C)C=CN1c1cccc(-c2c3ccccc3cc[n+]2C)[n+]1C.C[n+]1ccccc1-c1cccc(-n2ccc[n+]2C)[n+]1C. The number of aromatic nitrogens is 16. The van der Waals surface area contributed by atoms with Gasteiger partial charge in [-0.15, -0.1) is 0 Å². The highest BCUT2D eigenvalue weighted by Crippen LogP contribution is 2.38. The Bertz CT molecular complexity index is 5860. The molecule has 0 bridgehead atoms. The van der Waals surface area contributed by atoms with E-state index in [9.17, 15) is 0 Å². The van der Waals surface area contributed by atoms with E-state index < -0.39 is 0 Å². The molecule has 4 aromatic carbocycles. The predicted octanol–water partition coefficient (Wildman–Crippen LogP) is 11.8. The van der Waals surface area contributed by atoms with Crippen molar-refractivity contribution in [2.45, 2.75) is 92.2 Å². The van der Waals surface area contributed by atoms with Crippen LogP contribution >= 0.6 is 0 Å². The summed E-state index contributed by atoms with van der Waals surface area (Å²) < 4.78 is 35.5. The second-order valence-corrected chi connectivity index (χ2v) is 30.6. The van der Waals surface area contributed by atoms with Gasteiger partial charge < -0.3 is 4.90 Å². The van der Waals surface area contributed by atoms with E-state index in [1.165, 1.54) is 89.9 Å². The van der Waals surface area contributed by atoms with Gasteiger partial charge in [-0.1, -0.05) is 122 Å². The molecular formula is C93H113N18+11. The summed E-state index contributed by atoms with van der Waals surface area (Å²) in [5, 5.41) is 2.53. The molecule has 111 heavy (non-hydrogen) atoms. The molecule has 0 fully saturated rings. The first-order valence-corrected chi connectivity index (χ1v) is 38.8. The molecule has 1 atom stereocenters. The van der Waals surface area contributed by atoms with Gasteiger partial charge >= 0.3 is 29.1 Å². The molecule has 0 aliphatic carbocycles. The number of hydrogen-bond acceptors (Lipinski definition) is 2. The zero-order chi connectivity index (χ0) is 78.8. The van der Waals surface area contributed by atoms with Crippen molar-refractivity contribution in [2.24, 2.45) is 77.5 Å². The van der Waals surface area contributed by atoms with Crippen LogP contribution < -0.4 is 55.5 Å². The van der Waals surface area contributed by atoms with Gasteiger partial charge in [0.15, 0.2) is 80.7 Å². The molecule has 11 aromatic heterocycles. The highest BCUT2D eigenvalue weighted by molar-refractivity contribution is 5.91. The minimum absolute atomic E-state index is 0.308. The molecule has 18 heteroatoms. The molecule has 1 aliphatic heterocycles. The molecule has 0 amide bonds. The fraction of sp³-hybridized carbons (Fsp3) is 0.280. The summed E-state index contributed by atoms with van der Waals surface area (Å²) in [6.07, 6.45) is 25.5. The smallest absolute Gasteiger partial charge is 0.339 e. The van der Waals surface area contributed by atoms with E-state index in [2.05, 4.69) is 480 Å². The van der Waals surface area contributed by atoms with Gasteiger partial charge in [0.05, 0.1) is 65.9 Å². The first-order valence-electron chi connectivity index (χ1n) is 38.8. The number of aryl methyl sites for hydroxylation is 7. The highest BCUT2D eigenvalue weighted by Gasteiger charge is 2.37. The summed E-state index contributed by atoms with van der Waals surface area (Å²) in [5.74, 6) is 8.53. The third-order valence-corrected chi connectivity index (χ3v) is 22.1. The largest absolute Gasteiger partial charge is 0.342 e. The van der Waals surface area contributed by atoms with E-state index in [1.54, 1.807) is 0 Å². The monoisotopic (exact) mass is 1480 g/mol. The molecule has 0 spiro atoms. The summed E-state index contributed by atoms with van der Waals surface area (Å²) in [6.45, 7) is 20.5. The summed E-state index contributed by atoms with van der Waals surface area (Å²) in [4.78, 5) is 4.51. The number of anilines is 1. The molecule has 564 valence electrons. The fourth-order valence-electron chi connectivity index (χ4n) is 15.8. The van der Waals surface area contributed by atoms with Gasteiger partial charge in [0.1, 0.15) is 44.1 Å². The standard InChI is InChI=1S/C30H36N5.C26H34N5.C21H24N4.C16H19N4/c1-21(2)23-13-10-14-24(22(3)4)29(23)35-26-16-9-8-15-25(26)33(7)30(35)27-17-11-18-28(32(27)6)34-20-12-19-31(34)5;1-19(2)21-11-8-12-22(20(3)4)25(21)30-18-17-27(5)26(30)23-13-9-14-24(29(23)7)31-16-10-15-28(31)6;1-16-22(2)14-15-25(16)20-11-7-10-19(24(20)4)21-18-9-6-5-8-17(18)12-13-23(21)3;1-17-11-5-4-8-14(17)15-9-6-10-16(19(15)3)20-13-7-12-18(20)2/h8-22H,1-7H3;8-20H,1-7H3;5-16H,1-4H3;4-13H,1-3H3/q2*+3;+2;+3/t;;16-;/m..0./s1. The molecule has 15 aromatic rings. The average Bonchev–Trinajstić information content (AvgIpc) is 1.60. The van der Waals surface area contributed by atoms with E-state index in [4.69, 9.17) is 0 Å². The third kappa shape index (κ3) is 14.8. The number of fused-ring (bicyclic) bond motifs is 2. The molecule has 16 rings (SSSR count). The molecule has 0 unspecified atom stereocenters. The number of rotatable bonds is 14. The lowest BCUT2D eigenvalue weighted by Gasteiger charge is -2.21. The Morgan fingerprint density at radius 1 is 0.324 bits per heavy atom. The van der Waals surface area contributed by atoms with E-state index in [1.807, 2.05) is 25.4 Å². The van der Waals surface area contributed by atoms with Crippen LogP contribution in [0.5, 0.6) is 0 Å². The van der Waals surface area contributed by atoms with Crippen molar-refractivity contribution in [1.82, 2.24) is 28.1 Å². The Labute approximate surface area is 655 Å². The van der Waals surface area contributed by atoms with Crippen LogP contribution in [0.25, 0.3) is 96.4 Å². The minimum Gasteiger partial charge on any atom is -0.339 e. The van der Waals surface area contributed by atoms with Gasteiger partial charge in [-0.2, -0.15) is 18.3 Å². The van der Waals surface area contributed by atoms with Crippen LogP contribution in [0.15, 0.2) is 275 Å². The topological polar surface area (TPSA) is 73.8 Å². The number of nitrogens with zero attached hydrogens (tertiary/aromatic N) is 18. The van der Waals surface area contributed by atoms with Crippen LogP contribution in [0.4, 0.5) is 5.82 Å². The summed E-state index contributed by atoms with van der Waals surface area (Å²) in [6, 6.07) is 71.3. The zero-order valence-electron chi connectivity index (χ0n) is 68.9. The van der Waals surface area contributed by atoms with Gasteiger partial charge in [-0.05, 0) is 123 Å². The van der Waals surface area contributed by atoms with Crippen LogP contribution in [-0.4, -0.2) is 41.3 Å². The highest BCUT2D eigenvalue weighted by atomic mass is 15.4. The van der Waals surface area contributed by atoms with Crippen molar-refractivity contribution in [3.05, 3.63) is 297 Å². The number of para-hydroxylation sites is 4. The van der Waals surface area contributed by atoms with Gasteiger partial charge in [0.25, 0.3) is 17.2 Å². The van der Waals surface area contributed by atoms with Crippen LogP contribution in [-0.2, 0) is 77.5 Å². The van der Waals surface area contributed by atoms with Crippen molar-refractivity contribution in [3.8, 4) is 74.6 Å². The Morgan fingerprint density at radius 2 is 0.766 bits per heavy atom. The minimum atomic E-state index is 0.308. The van der Waals surface area contributed by atoms with Crippen molar-refractivity contribution >= 4 is 27.6 Å². The summed E-state index contributed by atoms with van der Waals surface area (Å²) in [5.41, 5.74) is 17.6. The van der Waals surface area contributed by atoms with E-state index in [0.29, 0.717) is 29.8 Å². The van der Waals surface area contributed by atoms with Gasteiger partial charge in [-0.3, -0.25) is 0 Å². The first-order chi connectivity index (χ1) is 53.4. The lowest BCUT2D eigenvalue weighted by molar-refractivity contribution is -0.764. The van der Waals surface area contributed by atoms with Gasteiger partial charge in [0, 0.05) is 92.0 Å². The lowest BCUT2D eigenvalue weighted by Crippen LogP contribution is -2.47. The molecule has 0 saturated carbocycles. The molecule has 12 heterocycles. The molecule has 0 N–H and O–H groups in total. The molecule has 0 saturated heterocycles. The van der Waals surface area contributed by atoms with Gasteiger partial charge in [0.2, 0.25) is 30.0 Å². The van der Waals surface area contributed by atoms with Crippen molar-refractivity contribution in [3.63, 3.8) is 0 Å². The van der Waals surface area contributed by atoms with Crippen molar-refractivity contribution in [1.29, 1.82) is 0 Å².